The summed E-state index contributed by atoms with van der Waals surface area (Å²) in [6, 6.07) is 3.88. The monoisotopic (exact) mass is 434 g/mol. The van der Waals surface area contributed by atoms with Crippen LogP contribution in [0.4, 0.5) is 0 Å². The van der Waals surface area contributed by atoms with Crippen LogP contribution < -0.4 is 10.1 Å². The van der Waals surface area contributed by atoms with Gasteiger partial charge >= 0.3 is 0 Å². The second-order valence-corrected chi connectivity index (χ2v) is 6.79. The Morgan fingerprint density at radius 1 is 1.38 bits per heavy atom. The van der Waals surface area contributed by atoms with Crippen LogP contribution in [0.3, 0.4) is 0 Å². The highest BCUT2D eigenvalue weighted by atomic mass is 127. The fourth-order valence-corrected chi connectivity index (χ4v) is 4.08. The fraction of sp³-hybridized carbons (Fsp3) is 0.235. The van der Waals surface area contributed by atoms with Crippen molar-refractivity contribution in [2.75, 3.05) is 13.7 Å². The van der Waals surface area contributed by atoms with Crippen LogP contribution >= 0.6 is 22.6 Å². The van der Waals surface area contributed by atoms with Gasteiger partial charge in [-0.1, -0.05) is 0 Å². The molecule has 3 aromatic rings. The third-order valence-electron chi connectivity index (χ3n) is 4.22. The lowest BCUT2D eigenvalue weighted by Crippen LogP contribution is -2.31. The van der Waals surface area contributed by atoms with Gasteiger partial charge in [0.25, 0.3) is 5.91 Å². The number of H-pyrrole nitrogens is 1. The standard InChI is InChI=1S/C17H15IN4O2/c1-8-7-11-14(22-17(8)24-2)9(3-5-19-11)15-13(18)12-10(21-15)4-6-20-16(12)23/h3,5,7,21H,4,6H2,1-2H3,(H,20,23). The molecular weight excluding hydrogens is 419 g/mol. The van der Waals surface area contributed by atoms with Gasteiger partial charge in [0.2, 0.25) is 5.88 Å². The average molecular weight is 434 g/mol. The van der Waals surface area contributed by atoms with E-state index in [1.807, 2.05) is 19.1 Å². The third kappa shape index (κ3) is 2.26. The van der Waals surface area contributed by atoms with E-state index in [1.54, 1.807) is 13.3 Å². The highest BCUT2D eigenvalue weighted by Gasteiger charge is 2.26. The normalized spacial score (nSPS) is 13.7. The number of hydrogen-bond acceptors (Lipinski definition) is 4. The summed E-state index contributed by atoms with van der Waals surface area (Å²) < 4.78 is 6.27. The maximum absolute atomic E-state index is 12.2. The van der Waals surface area contributed by atoms with Gasteiger partial charge in [-0.3, -0.25) is 9.78 Å². The Bertz CT molecular complexity index is 980. The van der Waals surface area contributed by atoms with Gasteiger partial charge < -0.3 is 15.0 Å². The Kier molecular flexibility index (Phi) is 3.67. The number of nitrogens with one attached hydrogen (secondary N) is 2. The van der Waals surface area contributed by atoms with Gasteiger partial charge in [0.05, 0.1) is 27.5 Å². The average Bonchev–Trinajstić information content (AvgIpc) is 2.91. The van der Waals surface area contributed by atoms with Crippen LogP contribution in [-0.4, -0.2) is 34.5 Å². The van der Waals surface area contributed by atoms with Crippen LogP contribution in [0, 0.1) is 10.5 Å². The molecule has 4 heterocycles. The summed E-state index contributed by atoms with van der Waals surface area (Å²) in [5.41, 5.74) is 6.04. The lowest BCUT2D eigenvalue weighted by atomic mass is 10.1. The number of rotatable bonds is 2. The lowest BCUT2D eigenvalue weighted by Gasteiger charge is -2.11. The molecule has 0 radical (unpaired) electrons. The summed E-state index contributed by atoms with van der Waals surface area (Å²) >= 11 is 2.22. The molecule has 2 N–H and O–H groups in total. The van der Waals surface area contributed by atoms with E-state index in [1.165, 1.54) is 0 Å². The SMILES string of the molecule is COc1nc2c(-c3[nH]c4c(c3I)C(=O)NCC4)ccnc2cc1C. The number of ether oxygens (including phenoxy) is 1. The predicted octanol–water partition coefficient (Wildman–Crippen LogP) is 2.83. The molecule has 7 heteroatoms. The second-order valence-electron chi connectivity index (χ2n) is 5.71. The van der Waals surface area contributed by atoms with E-state index in [0.29, 0.717) is 12.4 Å². The zero-order valence-corrected chi connectivity index (χ0v) is 15.4. The number of aromatic nitrogens is 3. The van der Waals surface area contributed by atoms with Crippen molar-refractivity contribution in [1.29, 1.82) is 0 Å². The van der Waals surface area contributed by atoms with Crippen LogP contribution in [0.2, 0.25) is 0 Å². The van der Waals surface area contributed by atoms with Gasteiger partial charge in [-0.15, -0.1) is 0 Å². The topological polar surface area (TPSA) is 79.9 Å². The van der Waals surface area contributed by atoms with Crippen molar-refractivity contribution in [3.63, 3.8) is 0 Å². The lowest BCUT2D eigenvalue weighted by molar-refractivity contribution is 0.0945. The first-order valence-electron chi connectivity index (χ1n) is 7.59. The third-order valence-corrected chi connectivity index (χ3v) is 5.30. The van der Waals surface area contributed by atoms with Crippen LogP contribution in [0.5, 0.6) is 5.88 Å². The molecule has 6 nitrogen and oxygen atoms in total. The number of aryl methyl sites for hydroxylation is 1. The van der Waals surface area contributed by atoms with Crippen molar-refractivity contribution in [1.82, 2.24) is 20.3 Å². The van der Waals surface area contributed by atoms with Crippen LogP contribution in [0.25, 0.3) is 22.3 Å². The van der Waals surface area contributed by atoms with Gasteiger partial charge in [0.15, 0.2) is 0 Å². The number of pyridine rings is 2. The van der Waals surface area contributed by atoms with Gasteiger partial charge in [-0.05, 0) is 41.6 Å². The van der Waals surface area contributed by atoms with Gasteiger partial charge in [0, 0.05) is 36.0 Å². The quantitative estimate of drug-likeness (QED) is 0.609. The van der Waals surface area contributed by atoms with E-state index >= 15 is 0 Å². The molecule has 1 aliphatic rings. The molecule has 0 atom stereocenters. The van der Waals surface area contributed by atoms with Crippen molar-refractivity contribution in [3.8, 4) is 17.1 Å². The molecule has 0 unspecified atom stereocenters. The minimum absolute atomic E-state index is 0.0251. The van der Waals surface area contributed by atoms with Gasteiger partial charge in [0.1, 0.15) is 5.52 Å². The Hall–Kier alpha value is -2.16. The Balaban J connectivity index is 1.99. The molecule has 0 spiro atoms. The molecule has 1 aliphatic heterocycles. The molecule has 0 saturated heterocycles. The van der Waals surface area contributed by atoms with Crippen LogP contribution in [-0.2, 0) is 6.42 Å². The molecule has 122 valence electrons. The molecule has 0 aromatic carbocycles. The number of carbonyl (C=O) groups is 1. The number of aromatic amines is 1. The molecule has 0 aliphatic carbocycles. The van der Waals surface area contributed by atoms with E-state index in [4.69, 9.17) is 4.74 Å². The minimum Gasteiger partial charge on any atom is -0.481 e. The van der Waals surface area contributed by atoms with Crippen molar-refractivity contribution in [2.45, 2.75) is 13.3 Å². The summed E-state index contributed by atoms with van der Waals surface area (Å²) in [5, 5.41) is 2.90. The predicted molar refractivity (Wildman–Crippen MR) is 99.4 cm³/mol. The maximum Gasteiger partial charge on any atom is 0.254 e. The van der Waals surface area contributed by atoms with Crippen molar-refractivity contribution in [2.24, 2.45) is 0 Å². The van der Waals surface area contributed by atoms with Gasteiger partial charge in [-0.2, -0.15) is 0 Å². The van der Waals surface area contributed by atoms with E-state index < -0.39 is 0 Å². The zero-order valence-electron chi connectivity index (χ0n) is 13.2. The maximum atomic E-state index is 12.2. The number of nitrogens with zero attached hydrogens (tertiary/aromatic N) is 2. The summed E-state index contributed by atoms with van der Waals surface area (Å²) in [6.45, 7) is 2.60. The largest absolute Gasteiger partial charge is 0.481 e. The molecular formula is C17H15IN4O2. The Labute approximate surface area is 152 Å². The first-order chi connectivity index (χ1) is 11.6. The summed E-state index contributed by atoms with van der Waals surface area (Å²) in [5.74, 6) is 0.559. The van der Waals surface area contributed by atoms with Crippen LogP contribution in [0.1, 0.15) is 21.6 Å². The molecule has 0 fully saturated rings. The van der Waals surface area contributed by atoms with E-state index in [-0.39, 0.29) is 5.91 Å². The Morgan fingerprint density at radius 2 is 2.21 bits per heavy atom. The van der Waals surface area contributed by atoms with Crippen molar-refractivity contribution < 1.29 is 9.53 Å². The Morgan fingerprint density at radius 3 is 2.96 bits per heavy atom. The highest BCUT2D eigenvalue weighted by Crippen LogP contribution is 2.35. The van der Waals surface area contributed by atoms with E-state index in [0.717, 1.165) is 49.1 Å². The summed E-state index contributed by atoms with van der Waals surface area (Å²) in [4.78, 5) is 24.6. The summed E-state index contributed by atoms with van der Waals surface area (Å²) in [7, 11) is 1.61. The molecule has 3 aromatic heterocycles. The molecule has 24 heavy (non-hydrogen) atoms. The smallest absolute Gasteiger partial charge is 0.254 e. The molecule has 0 saturated carbocycles. The highest BCUT2D eigenvalue weighted by molar-refractivity contribution is 14.1. The zero-order chi connectivity index (χ0) is 16.8. The van der Waals surface area contributed by atoms with Gasteiger partial charge in [-0.25, -0.2) is 4.98 Å². The van der Waals surface area contributed by atoms with E-state index in [2.05, 4.69) is 42.9 Å². The molecule has 0 bridgehead atoms. The molecule has 4 rings (SSSR count). The minimum atomic E-state index is -0.0251. The summed E-state index contributed by atoms with van der Waals surface area (Å²) in [6.07, 6.45) is 2.57. The number of amides is 1. The second kappa shape index (κ2) is 5.73. The first kappa shape index (κ1) is 15.4. The van der Waals surface area contributed by atoms with E-state index in [9.17, 15) is 4.79 Å². The molecule has 1 amide bonds. The fourth-order valence-electron chi connectivity index (χ4n) is 3.08. The number of methoxy groups -OCH3 is 1. The number of hydrogen-bond donors (Lipinski definition) is 2. The first-order valence-corrected chi connectivity index (χ1v) is 8.67. The number of carbonyl (C=O) groups excluding carboxylic acids is 1. The number of halogens is 1. The van der Waals surface area contributed by atoms with Crippen molar-refractivity contribution in [3.05, 3.63) is 38.7 Å². The van der Waals surface area contributed by atoms with Crippen molar-refractivity contribution >= 4 is 39.5 Å². The number of fused-ring (bicyclic) bond motifs is 2. The van der Waals surface area contributed by atoms with Crippen LogP contribution in [0.15, 0.2) is 18.3 Å².